The predicted octanol–water partition coefficient (Wildman–Crippen LogP) is 2.05. The molecular formula is C16H21N3O2S. The Hall–Kier alpha value is -1.82. The third-order valence-electron chi connectivity index (χ3n) is 3.63. The van der Waals surface area contributed by atoms with Crippen LogP contribution in [-0.4, -0.2) is 35.3 Å². The molecule has 118 valence electrons. The second-order valence-electron chi connectivity index (χ2n) is 5.23. The average molecular weight is 319 g/mol. The maximum Gasteiger partial charge on any atom is 0.251 e. The summed E-state index contributed by atoms with van der Waals surface area (Å²) in [7, 11) is 0. The molecule has 2 atom stereocenters. The zero-order chi connectivity index (χ0) is 15.9. The second-order valence-corrected chi connectivity index (χ2v) is 6.31. The molecule has 0 spiro atoms. The van der Waals surface area contributed by atoms with Crippen LogP contribution in [0.5, 0.6) is 0 Å². The topological polar surface area (TPSA) is 70.6 Å². The molecule has 0 saturated carbocycles. The fraction of sp³-hybridized carbons (Fsp3) is 0.438. The van der Waals surface area contributed by atoms with E-state index < -0.39 is 6.04 Å². The van der Waals surface area contributed by atoms with Gasteiger partial charge in [0.15, 0.2) is 5.17 Å². The number of aliphatic imine (C=N–C) groups is 1. The van der Waals surface area contributed by atoms with Gasteiger partial charge in [0.25, 0.3) is 5.91 Å². The molecule has 0 bridgehead atoms. The predicted molar refractivity (Wildman–Crippen MR) is 90.1 cm³/mol. The van der Waals surface area contributed by atoms with Crippen LogP contribution in [0.1, 0.15) is 30.6 Å². The Morgan fingerprint density at radius 1 is 1.32 bits per heavy atom. The van der Waals surface area contributed by atoms with E-state index >= 15 is 0 Å². The normalized spacial score (nSPS) is 16.5. The van der Waals surface area contributed by atoms with Gasteiger partial charge >= 0.3 is 0 Å². The quantitative estimate of drug-likeness (QED) is 0.872. The molecule has 5 nitrogen and oxygen atoms in total. The fourth-order valence-corrected chi connectivity index (χ4v) is 2.84. The monoisotopic (exact) mass is 319 g/mol. The number of nitrogens with zero attached hydrogens (tertiary/aromatic N) is 1. The molecule has 1 aromatic carbocycles. The molecule has 2 rings (SSSR count). The first-order chi connectivity index (χ1) is 10.6. The van der Waals surface area contributed by atoms with Gasteiger partial charge in [-0.25, -0.2) is 0 Å². The Labute approximate surface area is 135 Å². The van der Waals surface area contributed by atoms with E-state index in [1.807, 2.05) is 19.9 Å². The minimum absolute atomic E-state index is 0.0414. The summed E-state index contributed by atoms with van der Waals surface area (Å²) in [5.74, 6) is 0.494. The molecule has 22 heavy (non-hydrogen) atoms. The van der Waals surface area contributed by atoms with Gasteiger partial charge in [0.2, 0.25) is 5.91 Å². The third-order valence-corrected chi connectivity index (χ3v) is 4.52. The van der Waals surface area contributed by atoms with Crippen molar-refractivity contribution in [3.05, 3.63) is 35.9 Å². The highest BCUT2D eigenvalue weighted by atomic mass is 32.2. The van der Waals surface area contributed by atoms with Gasteiger partial charge in [0.1, 0.15) is 6.04 Å². The summed E-state index contributed by atoms with van der Waals surface area (Å²) in [5.41, 5.74) is 0.552. The molecule has 2 amide bonds. The summed E-state index contributed by atoms with van der Waals surface area (Å²) < 4.78 is 0. The number of amidine groups is 1. The van der Waals surface area contributed by atoms with Crippen molar-refractivity contribution in [2.75, 3.05) is 12.3 Å². The summed E-state index contributed by atoms with van der Waals surface area (Å²) in [6.07, 6.45) is 0.798. The minimum Gasteiger partial charge on any atom is -0.340 e. The number of thioether (sulfide) groups is 1. The fourth-order valence-electron chi connectivity index (χ4n) is 2.11. The number of rotatable bonds is 5. The lowest BCUT2D eigenvalue weighted by molar-refractivity contribution is -0.122. The van der Waals surface area contributed by atoms with Crippen LogP contribution < -0.4 is 10.6 Å². The third kappa shape index (κ3) is 4.34. The van der Waals surface area contributed by atoms with Crippen molar-refractivity contribution in [2.45, 2.75) is 26.3 Å². The van der Waals surface area contributed by atoms with Gasteiger partial charge in [-0.2, -0.15) is 0 Å². The van der Waals surface area contributed by atoms with E-state index in [1.165, 1.54) is 11.8 Å². The highest BCUT2D eigenvalue weighted by molar-refractivity contribution is 8.14. The van der Waals surface area contributed by atoms with Crippen LogP contribution in [0.3, 0.4) is 0 Å². The zero-order valence-electron chi connectivity index (χ0n) is 12.8. The van der Waals surface area contributed by atoms with E-state index in [9.17, 15) is 9.59 Å². The largest absolute Gasteiger partial charge is 0.340 e. The van der Waals surface area contributed by atoms with Crippen LogP contribution in [0.4, 0.5) is 0 Å². The van der Waals surface area contributed by atoms with Gasteiger partial charge in [-0.1, -0.05) is 50.2 Å². The van der Waals surface area contributed by atoms with Crippen molar-refractivity contribution >= 4 is 28.7 Å². The minimum atomic E-state index is -0.568. The lowest BCUT2D eigenvalue weighted by atomic mass is 9.98. The number of hydrogen-bond donors (Lipinski definition) is 2. The lowest BCUT2D eigenvalue weighted by Crippen LogP contribution is -2.51. The van der Waals surface area contributed by atoms with Gasteiger partial charge in [0, 0.05) is 11.3 Å². The SMILES string of the molecule is CC[C@H](C)[C@@H](NC(=O)c1ccccc1)C(=O)NC1=NCCS1. The number of carbonyl (C=O) groups excluding carboxylic acids is 2. The first kappa shape index (κ1) is 16.5. The van der Waals surface area contributed by atoms with Crippen molar-refractivity contribution < 1.29 is 9.59 Å². The molecule has 0 aromatic heterocycles. The molecule has 0 saturated heterocycles. The van der Waals surface area contributed by atoms with Gasteiger partial charge in [-0.3, -0.25) is 14.6 Å². The van der Waals surface area contributed by atoms with Crippen LogP contribution in [0.2, 0.25) is 0 Å². The van der Waals surface area contributed by atoms with Crippen LogP contribution in [0.25, 0.3) is 0 Å². The summed E-state index contributed by atoms with van der Waals surface area (Å²) in [4.78, 5) is 29.0. The number of amides is 2. The Kier molecular flexibility index (Phi) is 6.00. The molecular weight excluding hydrogens is 298 g/mol. The van der Waals surface area contributed by atoms with Gasteiger partial charge in [0.05, 0.1) is 6.54 Å². The molecule has 0 radical (unpaired) electrons. The Morgan fingerprint density at radius 2 is 2.05 bits per heavy atom. The standard InChI is InChI=1S/C16H21N3O2S/c1-3-11(2)13(15(21)19-16-17-9-10-22-16)18-14(20)12-7-5-4-6-8-12/h4-8,11,13H,3,9-10H2,1-2H3,(H,18,20)(H,17,19,21)/t11-,13+/m0/s1. The first-order valence-corrected chi connectivity index (χ1v) is 8.44. The Balaban J connectivity index is 2.05. The van der Waals surface area contributed by atoms with Crippen LogP contribution in [0, 0.1) is 5.92 Å². The van der Waals surface area contributed by atoms with Crippen molar-refractivity contribution in [2.24, 2.45) is 10.9 Å². The smallest absolute Gasteiger partial charge is 0.251 e. The molecule has 0 fully saturated rings. The molecule has 6 heteroatoms. The summed E-state index contributed by atoms with van der Waals surface area (Å²) in [6, 6.07) is 8.36. The number of nitrogens with one attached hydrogen (secondary N) is 2. The van der Waals surface area contributed by atoms with E-state index in [0.717, 1.165) is 18.7 Å². The van der Waals surface area contributed by atoms with Crippen molar-refractivity contribution in [1.82, 2.24) is 10.6 Å². The van der Waals surface area contributed by atoms with Gasteiger partial charge in [-0.15, -0.1) is 0 Å². The number of hydrogen-bond acceptors (Lipinski definition) is 4. The molecule has 2 N–H and O–H groups in total. The van der Waals surface area contributed by atoms with E-state index in [2.05, 4.69) is 15.6 Å². The number of carbonyl (C=O) groups is 2. The Morgan fingerprint density at radius 3 is 2.64 bits per heavy atom. The molecule has 0 unspecified atom stereocenters. The zero-order valence-corrected chi connectivity index (χ0v) is 13.7. The van der Waals surface area contributed by atoms with Crippen molar-refractivity contribution in [1.29, 1.82) is 0 Å². The average Bonchev–Trinajstić information content (AvgIpc) is 3.05. The molecule has 1 aliphatic rings. The van der Waals surface area contributed by atoms with Gasteiger partial charge < -0.3 is 10.6 Å². The first-order valence-electron chi connectivity index (χ1n) is 7.45. The van der Waals surface area contributed by atoms with E-state index in [1.54, 1.807) is 24.3 Å². The van der Waals surface area contributed by atoms with Crippen molar-refractivity contribution in [3.63, 3.8) is 0 Å². The summed E-state index contributed by atoms with van der Waals surface area (Å²) >= 11 is 1.53. The molecule has 0 aliphatic carbocycles. The molecule has 1 aliphatic heterocycles. The van der Waals surface area contributed by atoms with E-state index in [-0.39, 0.29) is 17.7 Å². The summed E-state index contributed by atoms with van der Waals surface area (Å²) in [6.45, 7) is 4.69. The van der Waals surface area contributed by atoms with Crippen molar-refractivity contribution in [3.8, 4) is 0 Å². The Bertz CT molecular complexity index is 560. The molecule has 1 heterocycles. The summed E-state index contributed by atoms with van der Waals surface area (Å²) in [5, 5.41) is 6.30. The second kappa shape index (κ2) is 7.98. The highest BCUT2D eigenvalue weighted by Crippen LogP contribution is 2.13. The van der Waals surface area contributed by atoms with E-state index in [0.29, 0.717) is 10.7 Å². The van der Waals surface area contributed by atoms with Crippen LogP contribution in [0.15, 0.2) is 35.3 Å². The highest BCUT2D eigenvalue weighted by Gasteiger charge is 2.27. The lowest BCUT2D eigenvalue weighted by Gasteiger charge is -2.23. The van der Waals surface area contributed by atoms with Crippen LogP contribution in [-0.2, 0) is 4.79 Å². The van der Waals surface area contributed by atoms with Crippen LogP contribution >= 0.6 is 11.8 Å². The maximum absolute atomic E-state index is 12.4. The maximum atomic E-state index is 12.4. The van der Waals surface area contributed by atoms with E-state index in [4.69, 9.17) is 0 Å². The molecule has 1 aromatic rings. The van der Waals surface area contributed by atoms with Gasteiger partial charge in [-0.05, 0) is 18.1 Å². The number of benzene rings is 1.